The number of nitriles is 1. The number of anilines is 1. The number of hydrogen-bond donors (Lipinski definition) is 5. The highest BCUT2D eigenvalue weighted by Crippen LogP contribution is 2.49. The second kappa shape index (κ2) is 8.92. The maximum absolute atomic E-state index is 15.3. The number of benzene rings is 1. The van der Waals surface area contributed by atoms with Crippen LogP contribution in [0.2, 0.25) is 5.02 Å². The first-order chi connectivity index (χ1) is 16.8. The molecule has 36 heavy (non-hydrogen) atoms. The van der Waals surface area contributed by atoms with Crippen molar-refractivity contribution in [2.24, 2.45) is 4.99 Å². The van der Waals surface area contributed by atoms with Crippen LogP contribution in [-0.4, -0.2) is 48.7 Å². The van der Waals surface area contributed by atoms with Crippen molar-refractivity contribution in [2.45, 2.75) is 42.7 Å². The van der Waals surface area contributed by atoms with Crippen LogP contribution in [0, 0.1) is 17.1 Å². The number of rotatable bonds is 3. The summed E-state index contributed by atoms with van der Waals surface area (Å²) in [4.78, 5) is 32.8. The number of amides is 2. The molecular formula is C23H24ClFN6O4S. The fraction of sp³-hybridized carbons (Fsp3) is 0.348. The number of aliphatic imine (C=N–C) groups is 1. The second-order valence-corrected chi connectivity index (χ2v) is 13.1. The molecule has 3 heterocycles. The van der Waals surface area contributed by atoms with Gasteiger partial charge in [-0.2, -0.15) is 5.26 Å². The summed E-state index contributed by atoms with van der Waals surface area (Å²) in [5, 5.41) is 22.5. The van der Waals surface area contributed by atoms with Crippen LogP contribution < -0.4 is 15.4 Å². The Labute approximate surface area is 212 Å². The van der Waals surface area contributed by atoms with Gasteiger partial charge in [0.05, 0.1) is 20.6 Å². The van der Waals surface area contributed by atoms with Gasteiger partial charge in [0, 0.05) is 24.0 Å². The monoisotopic (exact) mass is 534 g/mol. The number of carboxylic acid groups (broad SMARTS) is 1. The van der Waals surface area contributed by atoms with Crippen molar-refractivity contribution in [3.05, 3.63) is 58.1 Å². The molecule has 4 N–H and O–H groups in total. The van der Waals surface area contributed by atoms with Gasteiger partial charge in [-0.1, -0.05) is 11.6 Å². The Morgan fingerprint density at radius 2 is 2.03 bits per heavy atom. The Bertz CT molecular complexity index is 1410. The van der Waals surface area contributed by atoms with Gasteiger partial charge >= 0.3 is 6.09 Å². The lowest BCUT2D eigenvalue weighted by Crippen LogP contribution is -2.65. The molecular weight excluding hydrogens is 511 g/mol. The molecule has 2 amide bonds. The van der Waals surface area contributed by atoms with E-state index in [1.807, 2.05) is 6.07 Å². The lowest BCUT2D eigenvalue weighted by Gasteiger charge is -2.51. The van der Waals surface area contributed by atoms with Crippen molar-refractivity contribution in [1.82, 2.24) is 15.0 Å². The number of carbonyl (C=O) groups is 2. The molecule has 2 aliphatic heterocycles. The van der Waals surface area contributed by atoms with Gasteiger partial charge < -0.3 is 10.4 Å². The van der Waals surface area contributed by atoms with Crippen molar-refractivity contribution in [3.63, 3.8) is 0 Å². The van der Waals surface area contributed by atoms with E-state index in [9.17, 15) is 18.9 Å². The third kappa shape index (κ3) is 4.03. The molecule has 0 saturated carbocycles. The number of aromatic nitrogens is 1. The first-order valence-electron chi connectivity index (χ1n) is 11.0. The van der Waals surface area contributed by atoms with Crippen LogP contribution in [0.4, 0.5) is 14.9 Å². The number of nitrogens with zero attached hydrogens (tertiary/aromatic N) is 3. The first-order valence-corrected chi connectivity index (χ1v) is 13.1. The highest BCUT2D eigenvalue weighted by atomic mass is 35.5. The molecule has 190 valence electrons. The number of amidine groups is 1. The third-order valence-corrected chi connectivity index (χ3v) is 11.3. The van der Waals surface area contributed by atoms with Crippen LogP contribution in [0.25, 0.3) is 0 Å². The van der Waals surface area contributed by atoms with Gasteiger partial charge in [0.25, 0.3) is 5.91 Å². The minimum atomic E-state index is -3.32. The van der Waals surface area contributed by atoms with E-state index in [1.165, 1.54) is 24.4 Å². The Balaban J connectivity index is 1.78. The van der Waals surface area contributed by atoms with Gasteiger partial charge in [0.2, 0.25) is 0 Å². The van der Waals surface area contributed by atoms with Gasteiger partial charge in [-0.05, 0) is 61.6 Å². The fourth-order valence-corrected chi connectivity index (χ4v) is 8.78. The Hall–Kier alpha value is -3.40. The molecule has 1 fully saturated rings. The van der Waals surface area contributed by atoms with Crippen LogP contribution >= 0.6 is 11.6 Å². The van der Waals surface area contributed by atoms with Gasteiger partial charge in [-0.3, -0.25) is 24.0 Å². The maximum atomic E-state index is 15.3. The molecule has 1 aromatic heterocycles. The van der Waals surface area contributed by atoms with Crippen LogP contribution in [0.3, 0.4) is 0 Å². The average Bonchev–Trinajstić information content (AvgIpc) is 3.23. The predicted molar refractivity (Wildman–Crippen MR) is 134 cm³/mol. The Morgan fingerprint density at radius 1 is 1.31 bits per heavy atom. The molecule has 2 aliphatic rings. The minimum Gasteiger partial charge on any atom is -0.465 e. The number of hydrogen-bond acceptors (Lipinski definition) is 6. The Kier molecular flexibility index (Phi) is 6.36. The topological polar surface area (TPSA) is 157 Å². The van der Waals surface area contributed by atoms with E-state index in [0.29, 0.717) is 13.0 Å². The molecule has 2 atom stereocenters. The molecule has 1 aromatic carbocycles. The van der Waals surface area contributed by atoms with Crippen molar-refractivity contribution < 1.29 is 23.3 Å². The summed E-state index contributed by atoms with van der Waals surface area (Å²) >= 11 is 6.09. The van der Waals surface area contributed by atoms with E-state index >= 15 is 4.39 Å². The molecule has 0 radical (unpaired) electrons. The van der Waals surface area contributed by atoms with E-state index < -0.39 is 43.5 Å². The molecule has 4 rings (SSSR count). The number of thiol groups is 1. The summed E-state index contributed by atoms with van der Waals surface area (Å²) < 4.78 is 31.4. The van der Waals surface area contributed by atoms with Crippen LogP contribution in [-0.2, 0) is 15.7 Å². The standard InChI is InChI=1S/C23H24ClFN6O4S/c1-22(2)20(30-21(33)34)31-23(3,17-6-7-28-36(17,22)35)14-9-13(4-5-16(14)25)29-19(32)18-15(24)8-12(10-26)11-27-18/h4-5,8-9,11,17,36H,6-7H2,1-3H3,(H,28,35)(H,29,32)(H,30,31)(H,33,34)/t17-,23+/m0/s1. The largest absolute Gasteiger partial charge is 0.465 e. The second-order valence-electron chi connectivity index (χ2n) is 9.28. The van der Waals surface area contributed by atoms with E-state index in [4.69, 9.17) is 16.9 Å². The molecule has 0 bridgehead atoms. The number of nitrogens with one attached hydrogen (secondary N) is 3. The zero-order valence-electron chi connectivity index (χ0n) is 19.6. The molecule has 13 heteroatoms. The summed E-state index contributed by atoms with van der Waals surface area (Å²) in [5.74, 6) is -1.36. The number of carbonyl (C=O) groups excluding carboxylic acids is 1. The molecule has 10 nitrogen and oxygen atoms in total. The highest BCUT2D eigenvalue weighted by molar-refractivity contribution is 8.04. The predicted octanol–water partition coefficient (Wildman–Crippen LogP) is 2.97. The van der Waals surface area contributed by atoms with Crippen molar-refractivity contribution in [3.8, 4) is 6.07 Å². The number of fused-ring (bicyclic) bond motifs is 1. The summed E-state index contributed by atoms with van der Waals surface area (Å²) in [6.07, 6.45) is 0.265. The van der Waals surface area contributed by atoms with Gasteiger partial charge in [-0.25, -0.2) is 14.2 Å². The van der Waals surface area contributed by atoms with E-state index in [0.717, 1.165) is 6.07 Å². The average molecular weight is 535 g/mol. The minimum absolute atomic E-state index is 0.0256. The van der Waals surface area contributed by atoms with Crippen molar-refractivity contribution in [2.75, 3.05) is 11.9 Å². The van der Waals surface area contributed by atoms with E-state index in [2.05, 4.69) is 25.3 Å². The van der Waals surface area contributed by atoms with Crippen molar-refractivity contribution in [1.29, 1.82) is 5.26 Å². The summed E-state index contributed by atoms with van der Waals surface area (Å²) in [6.45, 7) is 5.31. The number of pyridine rings is 1. The SMILES string of the molecule is CC1(C)C(NC(=O)O)=N[C@](C)(c2cc(NC(=O)c3ncc(C#N)cc3Cl)ccc2F)[C@@H]2CCN[SH]21=O. The third-order valence-electron chi connectivity index (χ3n) is 6.79. The summed E-state index contributed by atoms with van der Waals surface area (Å²) in [5.41, 5.74) is -1.09. The summed E-state index contributed by atoms with van der Waals surface area (Å²) in [6, 6.07) is 7.06. The van der Waals surface area contributed by atoms with Crippen LogP contribution in [0.1, 0.15) is 48.8 Å². The molecule has 0 spiro atoms. The first kappa shape index (κ1) is 25.7. The summed E-state index contributed by atoms with van der Waals surface area (Å²) in [7, 11) is -3.32. The Morgan fingerprint density at radius 3 is 2.67 bits per heavy atom. The molecule has 1 saturated heterocycles. The molecule has 0 unspecified atom stereocenters. The quantitative estimate of drug-likeness (QED) is 0.381. The van der Waals surface area contributed by atoms with Crippen LogP contribution in [0.5, 0.6) is 0 Å². The lowest BCUT2D eigenvalue weighted by molar-refractivity contribution is 0.102. The van der Waals surface area contributed by atoms with Gasteiger partial charge in [0.1, 0.15) is 29.0 Å². The van der Waals surface area contributed by atoms with E-state index in [-0.39, 0.29) is 33.4 Å². The smallest absolute Gasteiger partial charge is 0.410 e. The van der Waals surface area contributed by atoms with Gasteiger partial charge in [0.15, 0.2) is 0 Å². The fourth-order valence-electron chi connectivity index (χ4n) is 4.85. The molecule has 0 aliphatic carbocycles. The van der Waals surface area contributed by atoms with Crippen LogP contribution in [0.15, 0.2) is 35.5 Å². The van der Waals surface area contributed by atoms with E-state index in [1.54, 1.807) is 20.8 Å². The maximum Gasteiger partial charge on any atom is 0.410 e. The lowest BCUT2D eigenvalue weighted by atomic mass is 9.85. The van der Waals surface area contributed by atoms with Crippen molar-refractivity contribution >= 4 is 45.2 Å². The normalized spacial score (nSPS) is 24.6. The highest BCUT2D eigenvalue weighted by Gasteiger charge is 2.59. The number of halogens is 2. The zero-order valence-corrected chi connectivity index (χ0v) is 21.2. The zero-order chi connectivity index (χ0) is 26.5. The van der Waals surface area contributed by atoms with Gasteiger partial charge in [-0.15, -0.1) is 0 Å². The molecule has 2 aromatic rings.